The van der Waals surface area contributed by atoms with Crippen LogP contribution in [0.25, 0.3) is 0 Å². The number of nitrogens with two attached hydrogens (primary N) is 2. The SMILES string of the molecule is CC(C)C[C@H](NC(=O)[C@@H]1CCCN1C(=O)[C@@H](NC(=O)[C@H](CCC(N)=O)NC(=O)[C@@H]1CCCN1C(=O)[C@@H](NC(=O)[C@@H](NC(=O)[C@@H]1CCCN1C(=O)[C@@H](N)Cc1ccccc1)C(C)C)[C@@H](C)O)C(C)C)C(=O)O. The van der Waals surface area contributed by atoms with Crippen molar-refractivity contribution < 1.29 is 58.2 Å². The number of hydrogen-bond donors (Lipinski definition) is 9. The van der Waals surface area contributed by atoms with Crippen LogP contribution < -0.4 is 38.1 Å². The number of benzene rings is 1. The van der Waals surface area contributed by atoms with Crippen LogP contribution in [-0.2, 0) is 54.4 Å². The van der Waals surface area contributed by atoms with E-state index < -0.39 is 131 Å². The Morgan fingerprint density at radius 1 is 0.606 bits per heavy atom. The normalized spacial score (nSPS) is 20.9. The van der Waals surface area contributed by atoms with Gasteiger partial charge in [-0.05, 0) is 88.0 Å². The van der Waals surface area contributed by atoms with Crippen molar-refractivity contribution in [3.05, 3.63) is 35.9 Å². The minimum atomic E-state index is -1.58. The van der Waals surface area contributed by atoms with Crippen LogP contribution in [0.5, 0.6) is 0 Å². The molecular formula is C49H76N10O12. The lowest BCUT2D eigenvalue weighted by Gasteiger charge is -2.33. The average Bonchev–Trinajstić information content (AvgIpc) is 4.11. The van der Waals surface area contributed by atoms with E-state index in [-0.39, 0.29) is 57.5 Å². The van der Waals surface area contributed by atoms with Gasteiger partial charge in [-0.15, -0.1) is 0 Å². The number of nitrogens with one attached hydrogen (secondary N) is 5. The Hall–Kier alpha value is -6.16. The molecular weight excluding hydrogens is 921 g/mol. The van der Waals surface area contributed by atoms with E-state index in [1.54, 1.807) is 27.7 Å². The Morgan fingerprint density at radius 2 is 1.06 bits per heavy atom. The van der Waals surface area contributed by atoms with Crippen molar-refractivity contribution in [1.29, 1.82) is 0 Å². The van der Waals surface area contributed by atoms with Gasteiger partial charge in [0.05, 0.1) is 12.1 Å². The minimum Gasteiger partial charge on any atom is -0.480 e. The first kappa shape index (κ1) is 57.4. The second-order valence-corrected chi connectivity index (χ2v) is 20.1. The number of nitrogens with zero attached hydrogens (tertiary/aromatic N) is 3. The molecule has 0 spiro atoms. The zero-order chi connectivity index (χ0) is 52.9. The zero-order valence-electron chi connectivity index (χ0n) is 42.1. The van der Waals surface area contributed by atoms with E-state index >= 15 is 0 Å². The Bertz CT molecular complexity index is 2090. The van der Waals surface area contributed by atoms with Crippen LogP contribution >= 0.6 is 0 Å². The fourth-order valence-corrected chi connectivity index (χ4v) is 9.40. The summed E-state index contributed by atoms with van der Waals surface area (Å²) in [4.78, 5) is 139. The van der Waals surface area contributed by atoms with Crippen molar-refractivity contribution in [2.75, 3.05) is 19.6 Å². The van der Waals surface area contributed by atoms with Gasteiger partial charge in [0.25, 0.3) is 0 Å². The summed E-state index contributed by atoms with van der Waals surface area (Å²) in [5.41, 5.74) is 12.6. The number of likely N-dealkylation sites (tertiary alicyclic amines) is 3. The molecule has 0 unspecified atom stereocenters. The van der Waals surface area contributed by atoms with Crippen LogP contribution in [0.3, 0.4) is 0 Å². The largest absolute Gasteiger partial charge is 0.480 e. The summed E-state index contributed by atoms with van der Waals surface area (Å²) >= 11 is 0. The highest BCUT2D eigenvalue weighted by atomic mass is 16.4. The molecule has 9 amide bonds. The van der Waals surface area contributed by atoms with Gasteiger partial charge in [0.1, 0.15) is 48.3 Å². The number of hydrogen-bond acceptors (Lipinski definition) is 12. The average molecular weight is 997 g/mol. The van der Waals surface area contributed by atoms with E-state index in [0.717, 1.165) is 5.56 Å². The third-order valence-corrected chi connectivity index (χ3v) is 13.3. The van der Waals surface area contributed by atoms with Crippen LogP contribution in [-0.4, -0.2) is 164 Å². The monoisotopic (exact) mass is 997 g/mol. The highest BCUT2D eigenvalue weighted by Gasteiger charge is 2.44. The summed E-state index contributed by atoms with van der Waals surface area (Å²) in [7, 11) is 0. The van der Waals surface area contributed by atoms with Crippen molar-refractivity contribution in [1.82, 2.24) is 41.3 Å². The molecule has 10 atom stereocenters. The van der Waals surface area contributed by atoms with Gasteiger partial charge in [-0.25, -0.2) is 4.79 Å². The standard InChI is InChI=1S/C49H76N10O12/c1-26(2)24-33(49(70)71)53-43(64)35-17-12-22-58(35)47(68)39(28(5)6)55-41(62)32(19-20-37(51)61)52-42(63)34-16-13-23-59(34)48(69)40(29(7)60)56-45(66)38(27(3)4)54-44(65)36-18-11-21-57(36)46(67)31(50)25-30-14-9-8-10-15-30/h8-10,14-15,26-29,31-36,38-40,60H,11-13,16-25,50H2,1-7H3,(H2,51,61)(H,52,63)(H,53,64)(H,54,65)(H,55,62)(H,56,66)(H,70,71)/t29-,31+,32+,33+,34+,35+,36+,38+,39+,40+/m1/s1. The van der Waals surface area contributed by atoms with Crippen molar-refractivity contribution in [3.63, 3.8) is 0 Å². The minimum absolute atomic E-state index is 0.0373. The molecule has 3 fully saturated rings. The van der Waals surface area contributed by atoms with Gasteiger partial charge in [0.2, 0.25) is 53.2 Å². The number of primary amides is 1. The lowest BCUT2D eigenvalue weighted by Crippen LogP contribution is -2.62. The lowest BCUT2D eigenvalue weighted by atomic mass is 10.00. The molecule has 3 aliphatic rings. The molecule has 1 aromatic carbocycles. The predicted octanol–water partition coefficient (Wildman–Crippen LogP) is -0.958. The first-order valence-electron chi connectivity index (χ1n) is 24.8. The molecule has 3 heterocycles. The van der Waals surface area contributed by atoms with Gasteiger partial charge in [-0.2, -0.15) is 0 Å². The first-order chi connectivity index (χ1) is 33.4. The molecule has 71 heavy (non-hydrogen) atoms. The molecule has 11 N–H and O–H groups in total. The molecule has 394 valence electrons. The van der Waals surface area contributed by atoms with E-state index in [2.05, 4.69) is 26.6 Å². The summed E-state index contributed by atoms with van der Waals surface area (Å²) < 4.78 is 0. The van der Waals surface area contributed by atoms with Crippen LogP contribution in [0.15, 0.2) is 30.3 Å². The number of carbonyl (C=O) groups is 10. The van der Waals surface area contributed by atoms with Gasteiger partial charge in [-0.1, -0.05) is 71.9 Å². The molecule has 3 saturated heterocycles. The topological polar surface area (TPSA) is 333 Å². The second-order valence-electron chi connectivity index (χ2n) is 20.1. The van der Waals surface area contributed by atoms with Crippen molar-refractivity contribution in [3.8, 4) is 0 Å². The molecule has 0 saturated carbocycles. The van der Waals surface area contributed by atoms with E-state index in [0.29, 0.717) is 32.2 Å². The number of amides is 9. The zero-order valence-corrected chi connectivity index (χ0v) is 42.1. The van der Waals surface area contributed by atoms with Crippen molar-refractivity contribution >= 4 is 59.1 Å². The number of aliphatic carboxylic acids is 1. The van der Waals surface area contributed by atoms with E-state index in [9.17, 15) is 58.2 Å². The third-order valence-electron chi connectivity index (χ3n) is 13.3. The van der Waals surface area contributed by atoms with Crippen LogP contribution in [0.1, 0.15) is 112 Å². The Labute approximate surface area is 415 Å². The number of rotatable bonds is 24. The molecule has 22 heteroatoms. The summed E-state index contributed by atoms with van der Waals surface area (Å²) in [5, 5.41) is 33.8. The molecule has 0 aromatic heterocycles. The molecule has 3 aliphatic heterocycles. The van der Waals surface area contributed by atoms with E-state index in [4.69, 9.17) is 11.5 Å². The number of carbonyl (C=O) groups excluding carboxylic acids is 9. The summed E-state index contributed by atoms with van der Waals surface area (Å²) in [6.45, 7) is 12.1. The molecule has 0 aliphatic carbocycles. The Kier molecular flexibility index (Phi) is 21.3. The summed E-state index contributed by atoms with van der Waals surface area (Å²) in [6, 6.07) is -1.34. The summed E-state index contributed by atoms with van der Waals surface area (Å²) in [5.74, 6) is -8.54. The van der Waals surface area contributed by atoms with Crippen molar-refractivity contribution in [2.24, 2.45) is 29.2 Å². The van der Waals surface area contributed by atoms with E-state index in [1.807, 2.05) is 44.2 Å². The predicted molar refractivity (Wildman–Crippen MR) is 259 cm³/mol. The van der Waals surface area contributed by atoms with Gasteiger partial charge in [-0.3, -0.25) is 43.2 Å². The highest BCUT2D eigenvalue weighted by Crippen LogP contribution is 2.24. The van der Waals surface area contributed by atoms with Crippen LogP contribution in [0, 0.1) is 17.8 Å². The molecule has 22 nitrogen and oxygen atoms in total. The quantitative estimate of drug-likeness (QED) is 0.0604. The first-order valence-corrected chi connectivity index (χ1v) is 24.8. The smallest absolute Gasteiger partial charge is 0.326 e. The fraction of sp³-hybridized carbons (Fsp3) is 0.673. The number of aliphatic hydroxyl groups excluding tert-OH is 1. The summed E-state index contributed by atoms with van der Waals surface area (Å²) in [6.07, 6.45) is 0.386. The van der Waals surface area contributed by atoms with E-state index in [1.165, 1.54) is 21.6 Å². The fourth-order valence-electron chi connectivity index (χ4n) is 9.40. The van der Waals surface area contributed by atoms with Gasteiger partial charge in [0, 0.05) is 26.1 Å². The number of carboxylic acids is 1. The van der Waals surface area contributed by atoms with Gasteiger partial charge in [0.15, 0.2) is 0 Å². The second kappa shape index (κ2) is 26.3. The molecule has 1 aromatic rings. The molecule has 4 rings (SSSR count). The molecule has 0 bridgehead atoms. The van der Waals surface area contributed by atoms with Crippen LogP contribution in [0.2, 0.25) is 0 Å². The Morgan fingerprint density at radius 3 is 1.51 bits per heavy atom. The highest BCUT2D eigenvalue weighted by molar-refractivity contribution is 5.99. The molecule has 0 radical (unpaired) electrons. The number of carboxylic acid groups (broad SMARTS) is 1. The maximum atomic E-state index is 14.2. The maximum Gasteiger partial charge on any atom is 0.326 e. The Balaban J connectivity index is 1.44. The van der Waals surface area contributed by atoms with Crippen LogP contribution in [0.4, 0.5) is 0 Å². The lowest BCUT2D eigenvalue weighted by molar-refractivity contribution is -0.146. The van der Waals surface area contributed by atoms with Crippen molar-refractivity contribution in [2.45, 2.75) is 173 Å². The van der Waals surface area contributed by atoms with Gasteiger partial charge >= 0.3 is 5.97 Å². The number of aliphatic hydroxyl groups is 1. The van der Waals surface area contributed by atoms with Gasteiger partial charge < -0.3 is 63.0 Å². The third kappa shape index (κ3) is 15.7. The maximum absolute atomic E-state index is 14.2.